The van der Waals surface area contributed by atoms with E-state index < -0.39 is 0 Å². The summed E-state index contributed by atoms with van der Waals surface area (Å²) in [5.74, 6) is 0. The van der Waals surface area contributed by atoms with Crippen molar-refractivity contribution in [3.8, 4) is 0 Å². The quantitative estimate of drug-likeness (QED) is 0.742. The van der Waals surface area contributed by atoms with Crippen LogP contribution < -0.4 is 0 Å². The van der Waals surface area contributed by atoms with E-state index in [0.29, 0.717) is 16.9 Å². The number of aromatic amines is 1. The Labute approximate surface area is 113 Å². The maximum Gasteiger partial charge on any atom is 0.178 e. The zero-order valence-corrected chi connectivity index (χ0v) is 12.5. The molecule has 96 valence electrons. The van der Waals surface area contributed by atoms with Crippen molar-refractivity contribution >= 4 is 23.3 Å². The van der Waals surface area contributed by atoms with Gasteiger partial charge in [-0.15, -0.1) is 0 Å². The summed E-state index contributed by atoms with van der Waals surface area (Å²) in [6.07, 6.45) is 0. The molecule has 1 aliphatic carbocycles. The van der Waals surface area contributed by atoms with Crippen molar-refractivity contribution in [1.82, 2.24) is 9.55 Å². The highest BCUT2D eigenvalue weighted by Gasteiger charge is 2.66. The summed E-state index contributed by atoms with van der Waals surface area (Å²) >= 11 is 5.54. The number of imidazole rings is 1. The summed E-state index contributed by atoms with van der Waals surface area (Å²) in [5.41, 5.74) is 4.30. The number of H-pyrrole nitrogens is 1. The summed E-state index contributed by atoms with van der Waals surface area (Å²) in [6, 6.07) is 6.82. The fourth-order valence-corrected chi connectivity index (χ4v) is 3.72. The molecular formula is C15H20N2S. The molecule has 1 aromatic carbocycles. The van der Waals surface area contributed by atoms with Crippen LogP contribution in [-0.2, 0) is 0 Å². The Morgan fingerprint density at radius 3 is 2.33 bits per heavy atom. The molecule has 1 heterocycles. The van der Waals surface area contributed by atoms with Crippen LogP contribution in [0.1, 0.15) is 39.3 Å². The highest BCUT2D eigenvalue weighted by atomic mass is 32.1. The molecule has 1 fully saturated rings. The Kier molecular flexibility index (Phi) is 2.17. The maximum atomic E-state index is 5.54. The largest absolute Gasteiger partial charge is 0.331 e. The number of hydrogen-bond donors (Lipinski definition) is 1. The van der Waals surface area contributed by atoms with Gasteiger partial charge in [-0.25, -0.2) is 0 Å². The summed E-state index contributed by atoms with van der Waals surface area (Å²) in [7, 11) is 0. The molecule has 2 aromatic rings. The molecule has 1 N–H and O–H groups in total. The van der Waals surface area contributed by atoms with Gasteiger partial charge in [-0.2, -0.15) is 0 Å². The molecule has 0 unspecified atom stereocenters. The smallest absolute Gasteiger partial charge is 0.178 e. The van der Waals surface area contributed by atoms with Crippen molar-refractivity contribution < 1.29 is 0 Å². The predicted molar refractivity (Wildman–Crippen MR) is 78.5 cm³/mol. The molecule has 0 aliphatic heterocycles. The van der Waals surface area contributed by atoms with E-state index in [1.807, 2.05) is 0 Å². The molecule has 3 rings (SSSR count). The first kappa shape index (κ1) is 12.0. The first-order valence-corrected chi connectivity index (χ1v) is 6.89. The Bertz CT molecular complexity index is 674. The third kappa shape index (κ3) is 1.26. The lowest BCUT2D eigenvalue weighted by Gasteiger charge is -2.08. The van der Waals surface area contributed by atoms with Gasteiger partial charge in [-0.3, -0.25) is 0 Å². The van der Waals surface area contributed by atoms with Gasteiger partial charge >= 0.3 is 0 Å². The molecule has 2 nitrogen and oxygen atoms in total. The third-order valence-corrected chi connectivity index (χ3v) is 5.44. The van der Waals surface area contributed by atoms with Gasteiger partial charge in [0.15, 0.2) is 4.77 Å². The van der Waals surface area contributed by atoms with Crippen molar-refractivity contribution in [2.75, 3.05) is 0 Å². The molecule has 0 amide bonds. The summed E-state index contributed by atoms with van der Waals surface area (Å²) in [5, 5.41) is 0. The standard InChI is InChI=1S/C15H20N2S/c1-9-7-6-8-10-11(9)17(13(18)16-10)12-14(2,3)15(12,4)5/h6-8,12H,1-5H3,(H,16,18). The number of benzene rings is 1. The van der Waals surface area contributed by atoms with Crippen molar-refractivity contribution in [3.63, 3.8) is 0 Å². The number of rotatable bonds is 1. The van der Waals surface area contributed by atoms with Gasteiger partial charge in [0.1, 0.15) is 0 Å². The van der Waals surface area contributed by atoms with Crippen LogP contribution in [0.3, 0.4) is 0 Å². The average molecular weight is 260 g/mol. The number of aromatic nitrogens is 2. The lowest BCUT2D eigenvalue weighted by atomic mass is 10.0. The minimum absolute atomic E-state index is 0.294. The average Bonchev–Trinajstić information content (AvgIpc) is 2.54. The minimum atomic E-state index is 0.294. The summed E-state index contributed by atoms with van der Waals surface area (Å²) < 4.78 is 3.18. The second-order valence-corrected chi connectivity index (χ2v) is 7.00. The van der Waals surface area contributed by atoms with E-state index in [-0.39, 0.29) is 0 Å². The SMILES string of the molecule is Cc1cccc2[nH]c(=S)n(C3C(C)(C)C3(C)C)c12. The fourth-order valence-electron chi connectivity index (χ4n) is 3.41. The first-order valence-electron chi connectivity index (χ1n) is 6.48. The molecule has 1 aliphatic rings. The van der Waals surface area contributed by atoms with Gasteiger partial charge < -0.3 is 9.55 Å². The number of para-hydroxylation sites is 1. The van der Waals surface area contributed by atoms with Crippen LogP contribution in [0.15, 0.2) is 18.2 Å². The molecule has 0 atom stereocenters. The van der Waals surface area contributed by atoms with E-state index in [4.69, 9.17) is 12.2 Å². The minimum Gasteiger partial charge on any atom is -0.331 e. The monoisotopic (exact) mass is 260 g/mol. The Morgan fingerprint density at radius 2 is 1.78 bits per heavy atom. The van der Waals surface area contributed by atoms with E-state index >= 15 is 0 Å². The number of fused-ring (bicyclic) bond motifs is 1. The van der Waals surface area contributed by atoms with Crippen LogP contribution in [-0.4, -0.2) is 9.55 Å². The number of aryl methyl sites for hydroxylation is 1. The Morgan fingerprint density at radius 1 is 1.17 bits per heavy atom. The van der Waals surface area contributed by atoms with E-state index in [2.05, 4.69) is 62.4 Å². The summed E-state index contributed by atoms with van der Waals surface area (Å²) in [6.45, 7) is 11.5. The number of nitrogens with one attached hydrogen (secondary N) is 1. The Hall–Kier alpha value is -1.09. The second-order valence-electron chi connectivity index (χ2n) is 6.62. The third-order valence-electron chi connectivity index (χ3n) is 5.14. The van der Waals surface area contributed by atoms with Crippen LogP contribution in [0.25, 0.3) is 11.0 Å². The fraction of sp³-hybridized carbons (Fsp3) is 0.533. The first-order chi connectivity index (χ1) is 8.28. The van der Waals surface area contributed by atoms with Crippen molar-refractivity contribution in [1.29, 1.82) is 0 Å². The summed E-state index contributed by atoms with van der Waals surface area (Å²) in [4.78, 5) is 3.34. The molecule has 0 bridgehead atoms. The van der Waals surface area contributed by atoms with Crippen molar-refractivity contribution in [2.45, 2.75) is 40.7 Å². The zero-order chi connectivity index (χ0) is 13.3. The Balaban J connectivity index is 2.32. The van der Waals surface area contributed by atoms with Crippen LogP contribution >= 0.6 is 12.2 Å². The number of nitrogens with zero attached hydrogens (tertiary/aromatic N) is 1. The molecule has 3 heteroatoms. The van der Waals surface area contributed by atoms with Gasteiger partial charge in [0.25, 0.3) is 0 Å². The van der Waals surface area contributed by atoms with Gasteiger partial charge in [-0.05, 0) is 41.6 Å². The lowest BCUT2D eigenvalue weighted by Crippen LogP contribution is -2.01. The van der Waals surface area contributed by atoms with E-state index in [1.165, 1.54) is 11.1 Å². The maximum absolute atomic E-state index is 5.54. The van der Waals surface area contributed by atoms with Gasteiger partial charge in [0.05, 0.1) is 11.0 Å². The molecular weight excluding hydrogens is 240 g/mol. The molecule has 0 saturated heterocycles. The predicted octanol–water partition coefficient (Wildman–Crippen LogP) is 4.61. The van der Waals surface area contributed by atoms with Gasteiger partial charge in [0.2, 0.25) is 0 Å². The molecule has 0 radical (unpaired) electrons. The highest BCUT2D eigenvalue weighted by molar-refractivity contribution is 7.71. The van der Waals surface area contributed by atoms with Crippen LogP contribution in [0.5, 0.6) is 0 Å². The van der Waals surface area contributed by atoms with Gasteiger partial charge in [0, 0.05) is 6.04 Å². The van der Waals surface area contributed by atoms with Crippen LogP contribution in [0.4, 0.5) is 0 Å². The van der Waals surface area contributed by atoms with Crippen LogP contribution in [0, 0.1) is 22.5 Å². The normalized spacial score (nSPS) is 21.4. The number of hydrogen-bond acceptors (Lipinski definition) is 1. The molecule has 1 aromatic heterocycles. The van der Waals surface area contributed by atoms with Crippen molar-refractivity contribution in [2.24, 2.45) is 10.8 Å². The zero-order valence-electron chi connectivity index (χ0n) is 11.7. The highest BCUT2D eigenvalue weighted by Crippen LogP contribution is 2.71. The van der Waals surface area contributed by atoms with E-state index in [9.17, 15) is 0 Å². The second kappa shape index (κ2) is 3.27. The van der Waals surface area contributed by atoms with E-state index in [1.54, 1.807) is 0 Å². The lowest BCUT2D eigenvalue weighted by molar-refractivity contribution is 0.457. The molecule has 18 heavy (non-hydrogen) atoms. The van der Waals surface area contributed by atoms with Crippen molar-refractivity contribution in [3.05, 3.63) is 28.5 Å². The van der Waals surface area contributed by atoms with Crippen LogP contribution in [0.2, 0.25) is 0 Å². The molecule has 0 spiro atoms. The topological polar surface area (TPSA) is 20.7 Å². The molecule has 1 saturated carbocycles. The van der Waals surface area contributed by atoms with E-state index in [0.717, 1.165) is 10.3 Å². The van der Waals surface area contributed by atoms with Gasteiger partial charge in [-0.1, -0.05) is 39.8 Å².